The smallest absolute Gasteiger partial charge is 0.330 e. The second-order valence-electron chi connectivity index (χ2n) is 3.90. The number of carboxylic acid groups (broad SMARTS) is 2. The van der Waals surface area contributed by atoms with Crippen LogP contribution >= 0.6 is 0 Å². The second kappa shape index (κ2) is 10.3. The van der Waals surface area contributed by atoms with Crippen LogP contribution in [0.1, 0.15) is 26.7 Å². The van der Waals surface area contributed by atoms with Gasteiger partial charge in [0.15, 0.2) is 0 Å². The molecule has 19 heavy (non-hydrogen) atoms. The molecule has 6 heteroatoms. The molecule has 0 bridgehead atoms. The molecular formula is C13H20O6. The minimum Gasteiger partial charge on any atom is -0.478 e. The molecule has 0 aromatic rings. The summed E-state index contributed by atoms with van der Waals surface area (Å²) < 4.78 is 10.2. The molecule has 0 spiro atoms. The summed E-state index contributed by atoms with van der Waals surface area (Å²) >= 11 is 0. The Labute approximate surface area is 112 Å². The fraction of sp³-hybridized carbons (Fsp3) is 0.538. The van der Waals surface area contributed by atoms with Gasteiger partial charge in [0.1, 0.15) is 6.79 Å². The number of rotatable bonds is 10. The van der Waals surface area contributed by atoms with Gasteiger partial charge < -0.3 is 19.7 Å². The molecule has 0 amide bonds. The predicted molar refractivity (Wildman–Crippen MR) is 68.8 cm³/mol. The van der Waals surface area contributed by atoms with E-state index in [2.05, 4.69) is 0 Å². The zero-order chi connectivity index (χ0) is 14.7. The largest absolute Gasteiger partial charge is 0.478 e. The lowest BCUT2D eigenvalue weighted by molar-refractivity contribution is -0.133. The molecule has 6 nitrogen and oxygen atoms in total. The monoisotopic (exact) mass is 272 g/mol. The maximum absolute atomic E-state index is 10.5. The zero-order valence-corrected chi connectivity index (χ0v) is 11.2. The highest BCUT2D eigenvalue weighted by atomic mass is 16.7. The van der Waals surface area contributed by atoms with Crippen LogP contribution in [-0.2, 0) is 19.1 Å². The normalized spacial score (nSPS) is 12.5. The van der Waals surface area contributed by atoms with Crippen LogP contribution in [0.15, 0.2) is 23.3 Å². The SMILES string of the molecule is CC(=CCCOCOCCC=C(C)C(=O)O)C(=O)O. The van der Waals surface area contributed by atoms with E-state index in [4.69, 9.17) is 19.7 Å². The predicted octanol–water partition coefficient (Wildman–Crippen LogP) is 1.82. The van der Waals surface area contributed by atoms with Crippen molar-refractivity contribution in [2.75, 3.05) is 20.0 Å². The Morgan fingerprint density at radius 3 is 1.58 bits per heavy atom. The Bertz CT molecular complexity index is 322. The molecule has 108 valence electrons. The Morgan fingerprint density at radius 1 is 0.895 bits per heavy atom. The van der Waals surface area contributed by atoms with E-state index < -0.39 is 11.9 Å². The number of ether oxygens (including phenoxy) is 2. The van der Waals surface area contributed by atoms with Crippen molar-refractivity contribution in [3.8, 4) is 0 Å². The van der Waals surface area contributed by atoms with E-state index in [1.54, 1.807) is 12.2 Å². The van der Waals surface area contributed by atoms with Crippen molar-refractivity contribution in [2.24, 2.45) is 0 Å². The van der Waals surface area contributed by atoms with Crippen LogP contribution in [0.2, 0.25) is 0 Å². The van der Waals surface area contributed by atoms with Gasteiger partial charge in [-0.3, -0.25) is 0 Å². The third kappa shape index (κ3) is 9.99. The first kappa shape index (κ1) is 17.3. The van der Waals surface area contributed by atoms with Crippen LogP contribution in [0, 0.1) is 0 Å². The molecule has 0 aromatic heterocycles. The van der Waals surface area contributed by atoms with Gasteiger partial charge in [-0.15, -0.1) is 0 Å². The van der Waals surface area contributed by atoms with Gasteiger partial charge in [0, 0.05) is 11.1 Å². The summed E-state index contributed by atoms with van der Waals surface area (Å²) in [5, 5.41) is 17.2. The van der Waals surface area contributed by atoms with Crippen LogP contribution in [0.3, 0.4) is 0 Å². The Balaban J connectivity index is 3.47. The average Bonchev–Trinajstić information content (AvgIpc) is 2.35. The molecule has 0 aliphatic rings. The minimum atomic E-state index is -0.933. The lowest BCUT2D eigenvalue weighted by Crippen LogP contribution is -2.03. The molecular weight excluding hydrogens is 252 g/mol. The van der Waals surface area contributed by atoms with Gasteiger partial charge in [-0.2, -0.15) is 0 Å². The van der Waals surface area contributed by atoms with Gasteiger partial charge >= 0.3 is 11.9 Å². The topological polar surface area (TPSA) is 93.1 Å². The fourth-order valence-electron chi connectivity index (χ4n) is 1.07. The molecule has 0 atom stereocenters. The van der Waals surface area contributed by atoms with Crippen molar-refractivity contribution in [2.45, 2.75) is 26.7 Å². The summed E-state index contributed by atoms with van der Waals surface area (Å²) in [5.41, 5.74) is 0.581. The first-order valence-corrected chi connectivity index (χ1v) is 5.90. The van der Waals surface area contributed by atoms with Gasteiger partial charge in [0.2, 0.25) is 0 Å². The molecule has 0 unspecified atom stereocenters. The van der Waals surface area contributed by atoms with Crippen LogP contribution in [0.5, 0.6) is 0 Å². The highest BCUT2D eigenvalue weighted by Gasteiger charge is 1.98. The van der Waals surface area contributed by atoms with Crippen molar-refractivity contribution in [3.05, 3.63) is 23.3 Å². The molecule has 0 heterocycles. The number of hydrogen-bond acceptors (Lipinski definition) is 4. The van der Waals surface area contributed by atoms with Gasteiger partial charge in [0.05, 0.1) is 13.2 Å². The first-order chi connectivity index (χ1) is 8.95. The molecule has 0 aromatic carbocycles. The molecule has 0 fully saturated rings. The summed E-state index contributed by atoms with van der Waals surface area (Å²) in [7, 11) is 0. The third-order valence-electron chi connectivity index (χ3n) is 2.27. The van der Waals surface area contributed by atoms with Crippen LogP contribution in [0.25, 0.3) is 0 Å². The van der Waals surface area contributed by atoms with Crippen LogP contribution < -0.4 is 0 Å². The van der Waals surface area contributed by atoms with E-state index in [0.717, 1.165) is 0 Å². The average molecular weight is 272 g/mol. The minimum absolute atomic E-state index is 0.111. The fourth-order valence-corrected chi connectivity index (χ4v) is 1.07. The Hall–Kier alpha value is -1.66. The van der Waals surface area contributed by atoms with Crippen molar-refractivity contribution in [1.82, 2.24) is 0 Å². The van der Waals surface area contributed by atoms with E-state index in [1.165, 1.54) is 13.8 Å². The maximum Gasteiger partial charge on any atom is 0.330 e. The molecule has 0 aliphatic heterocycles. The summed E-state index contributed by atoms with van der Waals surface area (Å²) in [5.74, 6) is -1.87. The third-order valence-corrected chi connectivity index (χ3v) is 2.27. The first-order valence-electron chi connectivity index (χ1n) is 5.90. The summed E-state index contributed by atoms with van der Waals surface area (Å²) in [4.78, 5) is 20.9. The highest BCUT2D eigenvalue weighted by Crippen LogP contribution is 1.97. The quantitative estimate of drug-likeness (QED) is 0.358. The van der Waals surface area contributed by atoms with E-state index in [-0.39, 0.29) is 6.79 Å². The summed E-state index contributed by atoms with van der Waals surface area (Å²) in [6.07, 6.45) is 4.20. The number of carbonyl (C=O) groups is 2. The van der Waals surface area contributed by atoms with Gasteiger partial charge in [-0.1, -0.05) is 12.2 Å². The van der Waals surface area contributed by atoms with Crippen LogP contribution in [0.4, 0.5) is 0 Å². The van der Waals surface area contributed by atoms with Crippen molar-refractivity contribution in [1.29, 1.82) is 0 Å². The van der Waals surface area contributed by atoms with Crippen molar-refractivity contribution < 1.29 is 29.3 Å². The van der Waals surface area contributed by atoms with Crippen molar-refractivity contribution >= 4 is 11.9 Å². The summed E-state index contributed by atoms with van der Waals surface area (Å²) in [6, 6.07) is 0. The van der Waals surface area contributed by atoms with Crippen molar-refractivity contribution in [3.63, 3.8) is 0 Å². The van der Waals surface area contributed by atoms with E-state index in [0.29, 0.717) is 37.2 Å². The molecule has 0 rings (SSSR count). The zero-order valence-electron chi connectivity index (χ0n) is 11.2. The molecule has 0 aliphatic carbocycles. The molecule has 0 saturated carbocycles. The Kier molecular flexibility index (Phi) is 9.38. The number of aliphatic carboxylic acids is 2. The standard InChI is InChI=1S/C13H20O6/c1-10(12(14)15)5-3-7-18-9-19-8-4-6-11(2)13(16)17/h5-6H,3-4,7-9H2,1-2H3,(H,14,15)(H,16,17). The van der Waals surface area contributed by atoms with Gasteiger partial charge in [0.25, 0.3) is 0 Å². The summed E-state index contributed by atoms with van der Waals surface area (Å²) in [6.45, 7) is 3.93. The van der Waals surface area contributed by atoms with E-state index >= 15 is 0 Å². The highest BCUT2D eigenvalue weighted by molar-refractivity contribution is 5.86. The number of carboxylic acids is 2. The molecule has 0 saturated heterocycles. The second-order valence-corrected chi connectivity index (χ2v) is 3.90. The molecule has 2 N–H and O–H groups in total. The van der Waals surface area contributed by atoms with Gasteiger partial charge in [-0.25, -0.2) is 9.59 Å². The van der Waals surface area contributed by atoms with Gasteiger partial charge in [-0.05, 0) is 26.7 Å². The van der Waals surface area contributed by atoms with Crippen LogP contribution in [-0.4, -0.2) is 42.2 Å². The lowest BCUT2D eigenvalue weighted by atomic mass is 10.2. The molecule has 0 radical (unpaired) electrons. The lowest BCUT2D eigenvalue weighted by Gasteiger charge is -2.03. The Morgan fingerprint density at radius 2 is 1.26 bits per heavy atom. The van der Waals surface area contributed by atoms with E-state index in [1.807, 2.05) is 0 Å². The number of hydrogen-bond donors (Lipinski definition) is 2. The maximum atomic E-state index is 10.5. The van der Waals surface area contributed by atoms with E-state index in [9.17, 15) is 9.59 Å².